The smallest absolute Gasteiger partial charge is 0.335 e. The van der Waals surface area contributed by atoms with Crippen molar-refractivity contribution in [3.63, 3.8) is 0 Å². The van der Waals surface area contributed by atoms with Crippen LogP contribution in [0.5, 0.6) is 0 Å². The van der Waals surface area contributed by atoms with Crippen LogP contribution in [-0.2, 0) is 11.3 Å². The van der Waals surface area contributed by atoms with Crippen LogP contribution in [0.15, 0.2) is 48.7 Å². The number of carbonyl (C=O) groups is 1. The van der Waals surface area contributed by atoms with Crippen LogP contribution in [0, 0.1) is 0 Å². The van der Waals surface area contributed by atoms with Gasteiger partial charge in [-0.05, 0) is 47.0 Å². The average Bonchev–Trinajstić information content (AvgIpc) is 3.13. The number of ether oxygens (including phenoxy) is 1. The molecule has 4 nitrogen and oxygen atoms in total. The van der Waals surface area contributed by atoms with Gasteiger partial charge in [-0.15, -0.1) is 0 Å². The Morgan fingerprint density at radius 2 is 1.85 bits per heavy atom. The molecule has 2 aromatic carbocycles. The maximum Gasteiger partial charge on any atom is 0.335 e. The maximum absolute atomic E-state index is 11.2. The largest absolute Gasteiger partial charge is 0.478 e. The predicted molar refractivity (Wildman–Crippen MR) is 109 cm³/mol. The Balaban J connectivity index is 0.000000614. The molecule has 0 amide bonds. The van der Waals surface area contributed by atoms with Gasteiger partial charge in [0.05, 0.1) is 22.7 Å². The Morgan fingerprint density at radius 3 is 2.56 bits per heavy atom. The highest BCUT2D eigenvalue weighted by molar-refractivity contribution is 6.31. The second kappa shape index (κ2) is 9.49. The molecule has 0 saturated heterocycles. The summed E-state index contributed by atoms with van der Waals surface area (Å²) in [5, 5.41) is 10.7. The van der Waals surface area contributed by atoms with Gasteiger partial charge in [-0.3, -0.25) is 4.98 Å². The number of benzene rings is 2. The minimum atomic E-state index is -0.937. The van der Waals surface area contributed by atoms with Gasteiger partial charge in [-0.25, -0.2) is 4.79 Å². The number of aromatic nitrogens is 1. The molecule has 0 spiro atoms. The molecule has 0 fully saturated rings. The van der Waals surface area contributed by atoms with Crippen LogP contribution >= 0.6 is 11.6 Å². The topological polar surface area (TPSA) is 59.4 Å². The summed E-state index contributed by atoms with van der Waals surface area (Å²) in [7, 11) is 0. The zero-order valence-corrected chi connectivity index (χ0v) is 16.7. The van der Waals surface area contributed by atoms with E-state index in [0.29, 0.717) is 11.6 Å². The maximum atomic E-state index is 11.2. The molecule has 1 N–H and O–H groups in total. The molecule has 1 aromatic heterocycles. The summed E-state index contributed by atoms with van der Waals surface area (Å²) in [6.45, 7) is 8.48. The third-order valence-electron chi connectivity index (χ3n) is 4.06. The number of hydrogen-bond donors (Lipinski definition) is 1. The van der Waals surface area contributed by atoms with E-state index >= 15 is 0 Å². The van der Waals surface area contributed by atoms with Crippen molar-refractivity contribution in [1.29, 1.82) is 0 Å². The lowest BCUT2D eigenvalue weighted by Gasteiger charge is -2.13. The van der Waals surface area contributed by atoms with Crippen LogP contribution < -0.4 is 0 Å². The number of aromatic carboxylic acids is 1. The molecule has 0 bridgehead atoms. The van der Waals surface area contributed by atoms with Crippen LogP contribution in [0.3, 0.4) is 0 Å². The predicted octanol–water partition coefficient (Wildman–Crippen LogP) is 6.26. The molecule has 0 saturated carbocycles. The molecule has 1 unspecified atom stereocenters. The molecule has 142 valence electrons. The third kappa shape index (κ3) is 4.46. The zero-order chi connectivity index (χ0) is 20.0. The minimum Gasteiger partial charge on any atom is -0.478 e. The molecule has 2 heterocycles. The number of fused-ring (bicyclic) bond motifs is 2. The number of carboxylic acids is 1. The van der Waals surface area contributed by atoms with Gasteiger partial charge in [-0.2, -0.15) is 0 Å². The fourth-order valence-corrected chi connectivity index (χ4v) is 3.09. The normalized spacial score (nSPS) is 14.5. The summed E-state index contributed by atoms with van der Waals surface area (Å²) in [6.07, 6.45) is 1.34. The highest BCUT2D eigenvalue weighted by Gasteiger charge is 2.26. The monoisotopic (exact) mass is 385 g/mol. The summed E-state index contributed by atoms with van der Waals surface area (Å²) in [5.74, 6) is -0.937. The van der Waals surface area contributed by atoms with Gasteiger partial charge in [0, 0.05) is 11.6 Å². The lowest BCUT2D eigenvalue weighted by Crippen LogP contribution is -2.02. The highest BCUT2D eigenvalue weighted by atomic mass is 35.5. The van der Waals surface area contributed by atoms with Crippen LogP contribution in [0.1, 0.15) is 60.8 Å². The molecular weight excluding hydrogens is 362 g/mol. The molecule has 0 aliphatic carbocycles. The van der Waals surface area contributed by atoms with Crippen molar-refractivity contribution in [3.05, 3.63) is 75.9 Å². The van der Waals surface area contributed by atoms with Gasteiger partial charge in [0.25, 0.3) is 0 Å². The summed E-state index contributed by atoms with van der Waals surface area (Å²) < 4.78 is 5.88. The second-order valence-corrected chi connectivity index (χ2v) is 5.95. The first-order chi connectivity index (χ1) is 13.1. The molecule has 3 aromatic rings. The van der Waals surface area contributed by atoms with E-state index in [-0.39, 0.29) is 11.7 Å². The van der Waals surface area contributed by atoms with E-state index in [1.165, 1.54) is 0 Å². The molecule has 1 atom stereocenters. The van der Waals surface area contributed by atoms with Crippen LogP contribution in [0.2, 0.25) is 5.02 Å². The lowest BCUT2D eigenvalue weighted by molar-refractivity contribution is 0.0696. The number of rotatable bonds is 2. The van der Waals surface area contributed by atoms with Gasteiger partial charge in [0.2, 0.25) is 0 Å². The molecular formula is C22H24ClNO3. The summed E-state index contributed by atoms with van der Waals surface area (Å²) >= 11 is 6.01. The fraction of sp³-hybridized carbons (Fsp3) is 0.273. The van der Waals surface area contributed by atoms with Gasteiger partial charge in [0.1, 0.15) is 6.10 Å². The van der Waals surface area contributed by atoms with Gasteiger partial charge >= 0.3 is 5.97 Å². The summed E-state index contributed by atoms with van der Waals surface area (Å²) in [5.41, 5.74) is 4.01. The Kier molecular flexibility index (Phi) is 7.34. The average molecular weight is 386 g/mol. The van der Waals surface area contributed by atoms with E-state index in [2.05, 4.69) is 4.98 Å². The van der Waals surface area contributed by atoms with Crippen molar-refractivity contribution in [2.75, 3.05) is 0 Å². The number of hydrogen-bond acceptors (Lipinski definition) is 3. The number of halogens is 1. The Morgan fingerprint density at radius 1 is 1.11 bits per heavy atom. The summed E-state index contributed by atoms with van der Waals surface area (Å²) in [4.78, 5) is 15.5. The van der Waals surface area contributed by atoms with E-state index in [1.54, 1.807) is 18.3 Å². The number of carboxylic acid groups (broad SMARTS) is 1. The molecule has 4 rings (SSSR count). The molecule has 1 aliphatic rings. The quantitative estimate of drug-likeness (QED) is 0.565. The Labute approximate surface area is 164 Å². The molecule has 5 heteroatoms. The van der Waals surface area contributed by atoms with E-state index < -0.39 is 5.97 Å². The Hall–Kier alpha value is -2.43. The minimum absolute atomic E-state index is 0.268. The number of nitrogens with zero attached hydrogens (tertiary/aromatic N) is 1. The van der Waals surface area contributed by atoms with Crippen LogP contribution in [0.4, 0.5) is 0 Å². The van der Waals surface area contributed by atoms with E-state index in [4.69, 9.17) is 16.3 Å². The Bertz CT molecular complexity index is 940. The van der Waals surface area contributed by atoms with E-state index in [9.17, 15) is 9.90 Å². The highest BCUT2D eigenvalue weighted by Crippen LogP contribution is 2.37. The molecule has 1 aliphatic heterocycles. The first-order valence-corrected chi connectivity index (χ1v) is 9.52. The van der Waals surface area contributed by atoms with Gasteiger partial charge in [0.15, 0.2) is 0 Å². The lowest BCUT2D eigenvalue weighted by atomic mass is 9.96. The van der Waals surface area contributed by atoms with Gasteiger partial charge < -0.3 is 9.84 Å². The standard InChI is InChI=1S/C18H12ClNO3.2C2H6/c19-14-6-13-5-10(3-4-16(13)20-8-14)17-15-7-11(18(21)22)1-2-12(15)9-23-17;2*1-2/h1-8,17H,9H2,(H,21,22);2*1-2H3. The van der Waals surface area contributed by atoms with E-state index in [1.807, 2.05) is 58.0 Å². The molecule has 27 heavy (non-hydrogen) atoms. The fourth-order valence-electron chi connectivity index (χ4n) is 2.93. The van der Waals surface area contributed by atoms with Crippen LogP contribution in [-0.4, -0.2) is 16.1 Å². The van der Waals surface area contributed by atoms with Gasteiger partial charge in [-0.1, -0.05) is 51.4 Å². The summed E-state index contributed by atoms with van der Waals surface area (Å²) in [6, 6.07) is 12.8. The van der Waals surface area contributed by atoms with Crippen molar-refractivity contribution in [2.24, 2.45) is 0 Å². The SMILES string of the molecule is CC.CC.O=C(O)c1ccc2c(c1)C(c1ccc3ncc(Cl)cc3c1)OC2. The third-order valence-corrected chi connectivity index (χ3v) is 4.26. The zero-order valence-electron chi connectivity index (χ0n) is 16.0. The first kappa shape index (κ1) is 20.9. The van der Waals surface area contributed by atoms with Crippen molar-refractivity contribution in [1.82, 2.24) is 4.98 Å². The second-order valence-electron chi connectivity index (χ2n) is 5.52. The van der Waals surface area contributed by atoms with Crippen molar-refractivity contribution in [2.45, 2.75) is 40.4 Å². The first-order valence-electron chi connectivity index (χ1n) is 9.15. The van der Waals surface area contributed by atoms with Crippen molar-refractivity contribution in [3.8, 4) is 0 Å². The van der Waals surface area contributed by atoms with E-state index in [0.717, 1.165) is 27.6 Å². The van der Waals surface area contributed by atoms with Crippen molar-refractivity contribution >= 4 is 28.5 Å². The number of pyridine rings is 1. The van der Waals surface area contributed by atoms with Crippen LogP contribution in [0.25, 0.3) is 10.9 Å². The van der Waals surface area contributed by atoms with Crippen molar-refractivity contribution < 1.29 is 14.6 Å². The molecule has 0 radical (unpaired) electrons.